The maximum atomic E-state index is 6.19. The Bertz CT molecular complexity index is 3140. The number of benzene rings is 9. The molecular formula is C54H36N2O. The van der Waals surface area contributed by atoms with Crippen LogP contribution in [0.3, 0.4) is 0 Å². The van der Waals surface area contributed by atoms with Gasteiger partial charge in [-0.05, 0) is 106 Å². The van der Waals surface area contributed by atoms with E-state index in [2.05, 4.69) is 216 Å². The summed E-state index contributed by atoms with van der Waals surface area (Å²) in [6.07, 6.45) is 0. The molecule has 0 aliphatic heterocycles. The molecule has 0 aliphatic rings. The van der Waals surface area contributed by atoms with Crippen LogP contribution >= 0.6 is 0 Å². The molecule has 268 valence electrons. The lowest BCUT2D eigenvalue weighted by atomic mass is 9.98. The lowest BCUT2D eigenvalue weighted by Crippen LogP contribution is -2.09. The first-order valence-corrected chi connectivity index (χ1v) is 19.4. The fourth-order valence-corrected chi connectivity index (χ4v) is 8.49. The Morgan fingerprint density at radius 1 is 0.316 bits per heavy atom. The average Bonchev–Trinajstić information content (AvgIpc) is 3.84. The molecule has 2 aromatic heterocycles. The number of aromatic nitrogens is 1. The SMILES string of the molecule is c1ccc(N(c2ccc(-c3ccc(-c4ccc(-n5c6ccccc6c6ccccc65)cc4)cc3)cc2)c2ccc(-c3cccc4oc5ccccc5c34)cc2)cc1. The van der Waals surface area contributed by atoms with Crippen molar-refractivity contribution in [2.75, 3.05) is 4.90 Å². The Labute approximate surface area is 330 Å². The molecule has 0 radical (unpaired) electrons. The van der Waals surface area contributed by atoms with Gasteiger partial charge < -0.3 is 13.9 Å². The summed E-state index contributed by atoms with van der Waals surface area (Å²) < 4.78 is 8.55. The van der Waals surface area contributed by atoms with Crippen LogP contribution in [-0.2, 0) is 0 Å². The Hall–Kier alpha value is -7.62. The fourth-order valence-electron chi connectivity index (χ4n) is 8.49. The van der Waals surface area contributed by atoms with Gasteiger partial charge in [-0.15, -0.1) is 0 Å². The molecule has 0 saturated carbocycles. The van der Waals surface area contributed by atoms with Gasteiger partial charge in [0.2, 0.25) is 0 Å². The van der Waals surface area contributed by atoms with Gasteiger partial charge in [0.05, 0.1) is 11.0 Å². The van der Waals surface area contributed by atoms with E-state index in [0.29, 0.717) is 0 Å². The summed E-state index contributed by atoms with van der Waals surface area (Å²) in [6, 6.07) is 78.0. The first kappa shape index (κ1) is 32.8. The highest BCUT2D eigenvalue weighted by molar-refractivity contribution is 6.12. The molecule has 0 atom stereocenters. The number of hydrogen-bond acceptors (Lipinski definition) is 2. The van der Waals surface area contributed by atoms with Crippen LogP contribution in [-0.4, -0.2) is 4.57 Å². The number of rotatable bonds is 7. The van der Waals surface area contributed by atoms with E-state index in [9.17, 15) is 0 Å². The molecule has 0 saturated heterocycles. The second-order valence-corrected chi connectivity index (χ2v) is 14.5. The molecule has 0 spiro atoms. The van der Waals surface area contributed by atoms with Gasteiger partial charge in [-0.2, -0.15) is 0 Å². The molecule has 0 fully saturated rings. The molecule has 0 amide bonds. The van der Waals surface area contributed by atoms with E-state index in [-0.39, 0.29) is 0 Å². The van der Waals surface area contributed by atoms with Gasteiger partial charge in [0, 0.05) is 44.3 Å². The zero-order valence-corrected chi connectivity index (χ0v) is 31.1. The Morgan fingerprint density at radius 2 is 0.754 bits per heavy atom. The molecular weight excluding hydrogens is 693 g/mol. The van der Waals surface area contributed by atoms with Crippen molar-refractivity contribution in [3.63, 3.8) is 0 Å². The third-order valence-electron chi connectivity index (χ3n) is 11.2. The molecule has 0 N–H and O–H groups in total. The van der Waals surface area contributed by atoms with E-state index in [1.54, 1.807) is 0 Å². The largest absolute Gasteiger partial charge is 0.456 e. The normalized spacial score (nSPS) is 11.5. The lowest BCUT2D eigenvalue weighted by molar-refractivity contribution is 0.669. The minimum absolute atomic E-state index is 0.906. The molecule has 57 heavy (non-hydrogen) atoms. The molecule has 3 nitrogen and oxygen atoms in total. The summed E-state index contributed by atoms with van der Waals surface area (Å²) in [7, 11) is 0. The molecule has 9 aromatic carbocycles. The predicted octanol–water partition coefficient (Wildman–Crippen LogP) is 15.2. The van der Waals surface area contributed by atoms with Crippen LogP contribution in [0.5, 0.6) is 0 Å². The summed E-state index contributed by atoms with van der Waals surface area (Å²) in [5.74, 6) is 0. The van der Waals surface area contributed by atoms with Crippen molar-refractivity contribution in [3.05, 3.63) is 218 Å². The van der Waals surface area contributed by atoms with E-state index in [1.165, 1.54) is 49.6 Å². The highest BCUT2D eigenvalue weighted by atomic mass is 16.3. The van der Waals surface area contributed by atoms with Gasteiger partial charge in [-0.3, -0.25) is 0 Å². The molecule has 2 heterocycles. The highest BCUT2D eigenvalue weighted by Gasteiger charge is 2.16. The summed E-state index contributed by atoms with van der Waals surface area (Å²) in [6.45, 7) is 0. The van der Waals surface area contributed by atoms with Crippen LogP contribution in [0.4, 0.5) is 17.1 Å². The average molecular weight is 729 g/mol. The number of fused-ring (bicyclic) bond motifs is 6. The molecule has 11 rings (SSSR count). The monoisotopic (exact) mass is 728 g/mol. The van der Waals surface area contributed by atoms with Crippen molar-refractivity contribution >= 4 is 60.8 Å². The summed E-state index contributed by atoms with van der Waals surface area (Å²) in [5, 5.41) is 4.84. The van der Waals surface area contributed by atoms with Crippen molar-refractivity contribution < 1.29 is 4.42 Å². The predicted molar refractivity (Wildman–Crippen MR) is 239 cm³/mol. The van der Waals surface area contributed by atoms with Gasteiger partial charge in [0.25, 0.3) is 0 Å². The first-order chi connectivity index (χ1) is 28.3. The summed E-state index contributed by atoms with van der Waals surface area (Å²) in [5.41, 5.74) is 15.8. The zero-order chi connectivity index (χ0) is 37.7. The maximum Gasteiger partial charge on any atom is 0.136 e. The summed E-state index contributed by atoms with van der Waals surface area (Å²) in [4.78, 5) is 2.31. The van der Waals surface area contributed by atoms with E-state index in [4.69, 9.17) is 4.42 Å². The maximum absolute atomic E-state index is 6.19. The molecule has 0 unspecified atom stereocenters. The van der Waals surface area contributed by atoms with E-state index < -0.39 is 0 Å². The third-order valence-corrected chi connectivity index (χ3v) is 11.2. The van der Waals surface area contributed by atoms with E-state index in [1.807, 2.05) is 12.1 Å². The smallest absolute Gasteiger partial charge is 0.136 e. The van der Waals surface area contributed by atoms with Crippen molar-refractivity contribution in [1.82, 2.24) is 4.57 Å². The minimum atomic E-state index is 0.906. The number of para-hydroxylation sites is 4. The van der Waals surface area contributed by atoms with Crippen molar-refractivity contribution in [2.45, 2.75) is 0 Å². The Kier molecular flexibility index (Phi) is 7.82. The standard InChI is InChI=1S/C54H36N2O/c1-2-11-42(12-3-1)55(44-35-29-41(30-36-44)46-16-10-20-53-54(46)49-15-6-9-19-52(49)57-53)43-31-25-39(26-32-43)37-21-23-38(24-22-37)40-27-33-45(34-28-40)56-50-17-7-4-13-47(50)48-14-5-8-18-51(48)56/h1-36H. The second-order valence-electron chi connectivity index (χ2n) is 14.5. The Balaban J connectivity index is 0.869. The van der Waals surface area contributed by atoms with Crippen molar-refractivity contribution in [2.24, 2.45) is 0 Å². The summed E-state index contributed by atoms with van der Waals surface area (Å²) >= 11 is 0. The van der Waals surface area contributed by atoms with Gasteiger partial charge in [-0.25, -0.2) is 0 Å². The Morgan fingerprint density at radius 3 is 1.35 bits per heavy atom. The number of nitrogens with zero attached hydrogens (tertiary/aromatic N) is 2. The number of furan rings is 1. The van der Waals surface area contributed by atoms with Crippen LogP contribution in [0.15, 0.2) is 223 Å². The molecule has 0 aliphatic carbocycles. The number of hydrogen-bond donors (Lipinski definition) is 0. The minimum Gasteiger partial charge on any atom is -0.456 e. The van der Waals surface area contributed by atoms with Crippen LogP contribution in [0, 0.1) is 0 Å². The zero-order valence-electron chi connectivity index (χ0n) is 31.1. The highest BCUT2D eigenvalue weighted by Crippen LogP contribution is 2.40. The quantitative estimate of drug-likeness (QED) is 0.163. The van der Waals surface area contributed by atoms with Crippen LogP contribution in [0.1, 0.15) is 0 Å². The molecule has 11 aromatic rings. The van der Waals surface area contributed by atoms with E-state index >= 15 is 0 Å². The first-order valence-electron chi connectivity index (χ1n) is 19.4. The molecule has 0 bridgehead atoms. The van der Waals surface area contributed by atoms with Crippen molar-refractivity contribution in [1.29, 1.82) is 0 Å². The van der Waals surface area contributed by atoms with Crippen LogP contribution in [0.25, 0.3) is 82.8 Å². The van der Waals surface area contributed by atoms with Crippen LogP contribution < -0.4 is 4.90 Å². The van der Waals surface area contributed by atoms with Crippen LogP contribution in [0.2, 0.25) is 0 Å². The van der Waals surface area contributed by atoms with Gasteiger partial charge >= 0.3 is 0 Å². The van der Waals surface area contributed by atoms with Gasteiger partial charge in [0.1, 0.15) is 11.2 Å². The third kappa shape index (κ3) is 5.68. The molecule has 3 heteroatoms. The number of anilines is 3. The lowest BCUT2D eigenvalue weighted by Gasteiger charge is -2.26. The van der Waals surface area contributed by atoms with E-state index in [0.717, 1.165) is 50.3 Å². The fraction of sp³-hybridized carbons (Fsp3) is 0. The van der Waals surface area contributed by atoms with Gasteiger partial charge in [-0.1, -0.05) is 146 Å². The van der Waals surface area contributed by atoms with Crippen molar-refractivity contribution in [3.8, 4) is 39.1 Å². The van der Waals surface area contributed by atoms with Gasteiger partial charge in [0.15, 0.2) is 0 Å². The second kappa shape index (κ2) is 13.6. The topological polar surface area (TPSA) is 21.3 Å².